The number of amides is 1. The zero-order chi connectivity index (χ0) is 13.2. The maximum Gasteiger partial charge on any atom is 0.240 e. The molecule has 0 spiro atoms. The number of pyridine rings is 2. The number of nitrogens with one attached hydrogen (secondary N) is 1. The van der Waals surface area contributed by atoms with Gasteiger partial charge in [0, 0.05) is 24.0 Å². The molecule has 0 fully saturated rings. The molecule has 1 N–H and O–H groups in total. The van der Waals surface area contributed by atoms with Crippen LogP contribution in [0.3, 0.4) is 0 Å². The number of sulfone groups is 1. The summed E-state index contributed by atoms with van der Waals surface area (Å²) in [5, 5.41) is 3.29. The van der Waals surface area contributed by atoms with E-state index in [0.717, 1.165) is 11.6 Å². The van der Waals surface area contributed by atoms with Gasteiger partial charge in [-0.1, -0.05) is 0 Å². The number of aromatic nitrogens is 2. The first kappa shape index (κ1) is 12.4. The Balaban J connectivity index is 2.20. The molecule has 0 aliphatic rings. The van der Waals surface area contributed by atoms with Gasteiger partial charge in [-0.2, -0.15) is 0 Å². The number of carbonyl (C=O) groups is 1. The standard InChI is InChI=1S/C11H11N3O3S/c1-18(16,17)7-11(15)14-10-3-2-8-6-12-5-4-9(8)13-10/h2-6H,7H2,1H3,(H,13,14,15). The van der Waals surface area contributed by atoms with E-state index in [-0.39, 0.29) is 0 Å². The van der Waals surface area contributed by atoms with E-state index in [0.29, 0.717) is 11.3 Å². The molecule has 0 saturated heterocycles. The van der Waals surface area contributed by atoms with Crippen LogP contribution < -0.4 is 5.32 Å². The Kier molecular flexibility index (Phi) is 3.24. The second-order valence-corrected chi connectivity index (χ2v) is 6.02. The zero-order valence-electron chi connectivity index (χ0n) is 9.62. The van der Waals surface area contributed by atoms with E-state index in [4.69, 9.17) is 0 Å². The van der Waals surface area contributed by atoms with Gasteiger partial charge in [-0.05, 0) is 18.2 Å². The summed E-state index contributed by atoms with van der Waals surface area (Å²) in [4.78, 5) is 19.5. The van der Waals surface area contributed by atoms with Gasteiger partial charge < -0.3 is 5.32 Å². The number of anilines is 1. The highest BCUT2D eigenvalue weighted by atomic mass is 32.2. The normalized spacial score (nSPS) is 11.4. The molecule has 2 rings (SSSR count). The van der Waals surface area contributed by atoms with Crippen LogP contribution in [0, 0.1) is 0 Å². The van der Waals surface area contributed by atoms with Crippen molar-refractivity contribution in [2.45, 2.75) is 0 Å². The van der Waals surface area contributed by atoms with Crippen molar-refractivity contribution >= 4 is 32.5 Å². The third-order valence-electron chi connectivity index (χ3n) is 2.15. The van der Waals surface area contributed by atoms with Crippen molar-refractivity contribution in [1.82, 2.24) is 9.97 Å². The van der Waals surface area contributed by atoms with Gasteiger partial charge in [0.1, 0.15) is 11.6 Å². The van der Waals surface area contributed by atoms with E-state index in [9.17, 15) is 13.2 Å². The molecule has 0 radical (unpaired) electrons. The van der Waals surface area contributed by atoms with E-state index in [1.54, 1.807) is 30.6 Å². The van der Waals surface area contributed by atoms with Gasteiger partial charge in [-0.3, -0.25) is 9.78 Å². The fraction of sp³-hybridized carbons (Fsp3) is 0.182. The molecule has 0 saturated carbocycles. The van der Waals surface area contributed by atoms with E-state index in [1.807, 2.05) is 0 Å². The first-order valence-corrected chi connectivity index (χ1v) is 7.18. The van der Waals surface area contributed by atoms with Crippen LogP contribution in [0.15, 0.2) is 30.6 Å². The number of nitrogens with zero attached hydrogens (tertiary/aromatic N) is 2. The molecule has 2 heterocycles. The second-order valence-electron chi connectivity index (χ2n) is 3.88. The monoisotopic (exact) mass is 265 g/mol. The molecule has 94 valence electrons. The molecule has 0 unspecified atom stereocenters. The summed E-state index contributed by atoms with van der Waals surface area (Å²) < 4.78 is 21.9. The lowest BCUT2D eigenvalue weighted by molar-refractivity contribution is -0.113. The topological polar surface area (TPSA) is 89.0 Å². The van der Waals surface area contributed by atoms with Crippen molar-refractivity contribution in [1.29, 1.82) is 0 Å². The van der Waals surface area contributed by atoms with Crippen molar-refractivity contribution in [3.8, 4) is 0 Å². The molecular formula is C11H11N3O3S. The van der Waals surface area contributed by atoms with Gasteiger partial charge in [-0.25, -0.2) is 13.4 Å². The third kappa shape index (κ3) is 3.24. The number of hydrogen-bond acceptors (Lipinski definition) is 5. The summed E-state index contributed by atoms with van der Waals surface area (Å²) >= 11 is 0. The summed E-state index contributed by atoms with van der Waals surface area (Å²) in [6.07, 6.45) is 4.26. The van der Waals surface area contributed by atoms with Crippen LogP contribution >= 0.6 is 0 Å². The average molecular weight is 265 g/mol. The van der Waals surface area contributed by atoms with Gasteiger partial charge in [0.15, 0.2) is 9.84 Å². The number of hydrogen-bond donors (Lipinski definition) is 1. The lowest BCUT2D eigenvalue weighted by Gasteiger charge is -2.04. The van der Waals surface area contributed by atoms with Crippen LogP contribution in [-0.2, 0) is 14.6 Å². The first-order chi connectivity index (χ1) is 8.44. The Morgan fingerprint density at radius 1 is 1.33 bits per heavy atom. The molecule has 0 atom stereocenters. The van der Waals surface area contributed by atoms with Crippen LogP contribution in [0.4, 0.5) is 5.82 Å². The lowest BCUT2D eigenvalue weighted by atomic mass is 10.3. The average Bonchev–Trinajstić information content (AvgIpc) is 2.26. The molecule has 0 aliphatic carbocycles. The van der Waals surface area contributed by atoms with Crippen molar-refractivity contribution in [2.75, 3.05) is 17.3 Å². The summed E-state index contributed by atoms with van der Waals surface area (Å²) in [7, 11) is -3.34. The Morgan fingerprint density at radius 2 is 2.11 bits per heavy atom. The van der Waals surface area contributed by atoms with Crippen LogP contribution in [0.25, 0.3) is 10.9 Å². The Labute approximate surface area is 104 Å². The van der Waals surface area contributed by atoms with Crippen LogP contribution in [0.5, 0.6) is 0 Å². The molecule has 0 bridgehead atoms. The van der Waals surface area contributed by atoms with Gasteiger partial charge in [0.2, 0.25) is 5.91 Å². The minimum Gasteiger partial charge on any atom is -0.310 e. The molecule has 7 heteroatoms. The smallest absolute Gasteiger partial charge is 0.240 e. The van der Waals surface area contributed by atoms with Gasteiger partial charge in [0.25, 0.3) is 0 Å². The van der Waals surface area contributed by atoms with E-state index in [1.165, 1.54) is 0 Å². The first-order valence-electron chi connectivity index (χ1n) is 5.12. The zero-order valence-corrected chi connectivity index (χ0v) is 10.4. The van der Waals surface area contributed by atoms with E-state index >= 15 is 0 Å². The largest absolute Gasteiger partial charge is 0.310 e. The summed E-state index contributed by atoms with van der Waals surface area (Å²) in [6.45, 7) is 0. The van der Waals surface area contributed by atoms with Gasteiger partial charge in [-0.15, -0.1) is 0 Å². The predicted octanol–water partition coefficient (Wildman–Crippen LogP) is 0.613. The molecule has 18 heavy (non-hydrogen) atoms. The molecule has 1 amide bonds. The third-order valence-corrected chi connectivity index (χ3v) is 2.94. The maximum absolute atomic E-state index is 11.4. The van der Waals surface area contributed by atoms with Crippen LogP contribution in [-0.4, -0.2) is 36.3 Å². The predicted molar refractivity (Wildman–Crippen MR) is 67.9 cm³/mol. The van der Waals surface area contributed by atoms with Gasteiger partial charge in [0.05, 0.1) is 5.52 Å². The highest BCUT2D eigenvalue weighted by Crippen LogP contribution is 2.13. The van der Waals surface area contributed by atoms with E-state index < -0.39 is 21.5 Å². The summed E-state index contributed by atoms with van der Waals surface area (Å²) in [5.74, 6) is -0.830. The maximum atomic E-state index is 11.4. The summed E-state index contributed by atoms with van der Waals surface area (Å²) in [5.41, 5.74) is 0.683. The lowest BCUT2D eigenvalue weighted by Crippen LogP contribution is -2.22. The Bertz CT molecular complexity index is 698. The fourth-order valence-electron chi connectivity index (χ4n) is 1.45. The van der Waals surface area contributed by atoms with Crippen molar-refractivity contribution in [3.05, 3.63) is 30.6 Å². The molecule has 6 nitrogen and oxygen atoms in total. The number of carbonyl (C=O) groups excluding carboxylic acids is 1. The van der Waals surface area contributed by atoms with Crippen molar-refractivity contribution < 1.29 is 13.2 Å². The van der Waals surface area contributed by atoms with Gasteiger partial charge >= 0.3 is 0 Å². The molecule has 0 aliphatic heterocycles. The van der Waals surface area contributed by atoms with E-state index in [2.05, 4.69) is 15.3 Å². The quantitative estimate of drug-likeness (QED) is 0.878. The molecule has 2 aromatic rings. The minimum atomic E-state index is -3.34. The van der Waals surface area contributed by atoms with Crippen molar-refractivity contribution in [2.24, 2.45) is 0 Å². The second kappa shape index (κ2) is 4.69. The number of fused-ring (bicyclic) bond motifs is 1. The minimum absolute atomic E-state index is 0.322. The highest BCUT2D eigenvalue weighted by Gasteiger charge is 2.11. The Morgan fingerprint density at radius 3 is 2.83 bits per heavy atom. The fourth-order valence-corrected chi connectivity index (χ4v) is 2.00. The SMILES string of the molecule is CS(=O)(=O)CC(=O)Nc1ccc2cnccc2n1. The highest BCUT2D eigenvalue weighted by molar-refractivity contribution is 7.91. The van der Waals surface area contributed by atoms with Crippen molar-refractivity contribution in [3.63, 3.8) is 0 Å². The molecular weight excluding hydrogens is 254 g/mol. The van der Waals surface area contributed by atoms with Crippen LogP contribution in [0.1, 0.15) is 0 Å². The Hall–Kier alpha value is -2.02. The number of rotatable bonds is 3. The summed E-state index contributed by atoms with van der Waals surface area (Å²) in [6, 6.07) is 5.07. The van der Waals surface area contributed by atoms with Crippen LogP contribution in [0.2, 0.25) is 0 Å². The molecule has 0 aromatic carbocycles. The molecule has 2 aromatic heterocycles.